The molecule has 0 radical (unpaired) electrons. The van der Waals surface area contributed by atoms with Gasteiger partial charge in [-0.05, 0) is 25.7 Å². The highest BCUT2D eigenvalue weighted by Crippen LogP contribution is 2.39. The van der Waals surface area contributed by atoms with Crippen molar-refractivity contribution in [1.82, 2.24) is 4.90 Å². The van der Waals surface area contributed by atoms with E-state index in [4.69, 9.17) is 5.73 Å². The minimum absolute atomic E-state index is 0.161. The third-order valence-corrected chi connectivity index (χ3v) is 4.82. The standard InChI is InChI=1S/C12H22N2OS/c1-8-6-14(7-9(2)16-8)11(15)12(3,13)10-4-5-10/h8-10H,4-7,13H2,1-3H3. The second-order valence-corrected chi connectivity index (χ2v) is 7.41. The summed E-state index contributed by atoms with van der Waals surface area (Å²) < 4.78 is 0. The van der Waals surface area contributed by atoms with Gasteiger partial charge in [0.05, 0.1) is 5.54 Å². The fourth-order valence-corrected chi connectivity index (χ4v) is 3.87. The van der Waals surface area contributed by atoms with Crippen LogP contribution in [0.5, 0.6) is 0 Å². The van der Waals surface area contributed by atoms with E-state index in [1.807, 2.05) is 23.6 Å². The average Bonchev–Trinajstić information content (AvgIpc) is 2.97. The van der Waals surface area contributed by atoms with Gasteiger partial charge in [0, 0.05) is 23.6 Å². The Bertz CT molecular complexity index is 279. The van der Waals surface area contributed by atoms with Crippen LogP contribution in [0.4, 0.5) is 0 Å². The van der Waals surface area contributed by atoms with Crippen LogP contribution in [0, 0.1) is 5.92 Å². The normalized spacial score (nSPS) is 34.6. The lowest BCUT2D eigenvalue weighted by molar-refractivity contribution is -0.137. The summed E-state index contributed by atoms with van der Waals surface area (Å²) in [5.74, 6) is 0.578. The van der Waals surface area contributed by atoms with Crippen molar-refractivity contribution in [3.8, 4) is 0 Å². The lowest BCUT2D eigenvalue weighted by Crippen LogP contribution is -2.58. The van der Waals surface area contributed by atoms with Gasteiger partial charge in [-0.25, -0.2) is 0 Å². The van der Waals surface area contributed by atoms with E-state index in [0.717, 1.165) is 25.9 Å². The summed E-state index contributed by atoms with van der Waals surface area (Å²) in [6.07, 6.45) is 2.23. The fourth-order valence-electron chi connectivity index (χ4n) is 2.54. The van der Waals surface area contributed by atoms with Crippen LogP contribution in [0.3, 0.4) is 0 Å². The number of nitrogens with two attached hydrogens (primary N) is 1. The molecule has 0 aromatic carbocycles. The molecule has 1 amide bonds. The van der Waals surface area contributed by atoms with Crippen LogP contribution in [-0.4, -0.2) is 39.9 Å². The number of hydrogen-bond donors (Lipinski definition) is 1. The van der Waals surface area contributed by atoms with Gasteiger partial charge in [0.15, 0.2) is 0 Å². The van der Waals surface area contributed by atoms with Gasteiger partial charge in [-0.2, -0.15) is 11.8 Å². The third-order valence-electron chi connectivity index (χ3n) is 3.59. The number of carbonyl (C=O) groups excluding carboxylic acids is 1. The lowest BCUT2D eigenvalue weighted by Gasteiger charge is -2.39. The molecule has 4 heteroatoms. The SMILES string of the molecule is CC1CN(C(=O)C(C)(N)C2CC2)CC(C)S1. The molecular formula is C12H22N2OS. The van der Waals surface area contributed by atoms with Gasteiger partial charge in [-0.3, -0.25) is 4.79 Å². The molecule has 3 nitrogen and oxygen atoms in total. The van der Waals surface area contributed by atoms with Crippen LogP contribution in [0.15, 0.2) is 0 Å². The first kappa shape index (κ1) is 12.2. The molecule has 0 aromatic heterocycles. The molecule has 2 aliphatic rings. The maximum absolute atomic E-state index is 12.4. The highest BCUT2D eigenvalue weighted by molar-refractivity contribution is 8.00. The Morgan fingerprint density at radius 1 is 1.31 bits per heavy atom. The second-order valence-electron chi connectivity index (χ2n) is 5.52. The second kappa shape index (κ2) is 4.22. The first-order valence-corrected chi connectivity index (χ1v) is 7.09. The molecule has 0 bridgehead atoms. The van der Waals surface area contributed by atoms with Crippen molar-refractivity contribution in [2.75, 3.05) is 13.1 Å². The van der Waals surface area contributed by atoms with E-state index in [9.17, 15) is 4.79 Å². The van der Waals surface area contributed by atoms with Crippen molar-refractivity contribution < 1.29 is 4.79 Å². The maximum Gasteiger partial charge on any atom is 0.242 e. The van der Waals surface area contributed by atoms with E-state index in [1.54, 1.807) is 0 Å². The van der Waals surface area contributed by atoms with Gasteiger partial charge in [-0.1, -0.05) is 13.8 Å². The molecule has 0 spiro atoms. The zero-order valence-corrected chi connectivity index (χ0v) is 11.2. The number of hydrogen-bond acceptors (Lipinski definition) is 3. The van der Waals surface area contributed by atoms with Gasteiger partial charge in [0.2, 0.25) is 5.91 Å². The fraction of sp³-hybridized carbons (Fsp3) is 0.917. The van der Waals surface area contributed by atoms with Crippen molar-refractivity contribution in [2.45, 2.75) is 49.7 Å². The van der Waals surface area contributed by atoms with Gasteiger partial charge < -0.3 is 10.6 Å². The Morgan fingerprint density at radius 2 is 1.81 bits per heavy atom. The molecule has 2 N–H and O–H groups in total. The summed E-state index contributed by atoms with van der Waals surface area (Å²) >= 11 is 1.96. The van der Waals surface area contributed by atoms with Crippen LogP contribution in [-0.2, 0) is 4.79 Å². The maximum atomic E-state index is 12.4. The van der Waals surface area contributed by atoms with Gasteiger partial charge >= 0.3 is 0 Å². The van der Waals surface area contributed by atoms with E-state index in [2.05, 4.69) is 13.8 Å². The molecule has 16 heavy (non-hydrogen) atoms. The summed E-state index contributed by atoms with van der Waals surface area (Å²) in [6, 6.07) is 0. The van der Waals surface area contributed by atoms with Gasteiger partial charge in [0.1, 0.15) is 0 Å². The minimum atomic E-state index is -0.624. The highest BCUT2D eigenvalue weighted by atomic mass is 32.2. The highest BCUT2D eigenvalue weighted by Gasteiger charge is 2.46. The number of thioether (sulfide) groups is 1. The van der Waals surface area contributed by atoms with E-state index in [1.165, 1.54) is 0 Å². The van der Waals surface area contributed by atoms with Crippen LogP contribution in [0.25, 0.3) is 0 Å². The number of carbonyl (C=O) groups is 1. The Morgan fingerprint density at radius 3 is 2.25 bits per heavy atom. The number of rotatable bonds is 2. The average molecular weight is 242 g/mol. The molecule has 1 aliphatic heterocycles. The number of nitrogens with zero attached hydrogens (tertiary/aromatic N) is 1. The molecule has 3 unspecified atom stereocenters. The largest absolute Gasteiger partial charge is 0.339 e. The first-order valence-electron chi connectivity index (χ1n) is 6.15. The Balaban J connectivity index is 2.03. The molecule has 1 saturated carbocycles. The molecule has 1 heterocycles. The van der Waals surface area contributed by atoms with Crippen molar-refractivity contribution in [1.29, 1.82) is 0 Å². The molecule has 0 aromatic rings. The quantitative estimate of drug-likeness (QED) is 0.797. The molecule has 92 valence electrons. The Labute approximate surface area is 102 Å². The van der Waals surface area contributed by atoms with Gasteiger partial charge in [0.25, 0.3) is 0 Å². The molecular weight excluding hydrogens is 220 g/mol. The predicted molar refractivity (Wildman–Crippen MR) is 68.4 cm³/mol. The van der Waals surface area contributed by atoms with Crippen molar-refractivity contribution in [2.24, 2.45) is 11.7 Å². The summed E-state index contributed by atoms with van der Waals surface area (Å²) in [5, 5.41) is 1.06. The molecule has 2 fully saturated rings. The van der Waals surface area contributed by atoms with E-state index in [0.29, 0.717) is 16.4 Å². The summed E-state index contributed by atoms with van der Waals surface area (Å²) in [7, 11) is 0. The molecule has 1 aliphatic carbocycles. The van der Waals surface area contributed by atoms with Crippen LogP contribution in [0.1, 0.15) is 33.6 Å². The monoisotopic (exact) mass is 242 g/mol. The number of amides is 1. The summed E-state index contributed by atoms with van der Waals surface area (Å²) in [4.78, 5) is 14.4. The zero-order valence-electron chi connectivity index (χ0n) is 10.4. The molecule has 3 atom stereocenters. The third kappa shape index (κ3) is 2.38. The van der Waals surface area contributed by atoms with Crippen molar-refractivity contribution >= 4 is 17.7 Å². The zero-order chi connectivity index (χ0) is 11.9. The molecule has 1 saturated heterocycles. The van der Waals surface area contributed by atoms with E-state index >= 15 is 0 Å². The first-order chi connectivity index (χ1) is 7.41. The van der Waals surface area contributed by atoms with E-state index in [-0.39, 0.29) is 5.91 Å². The van der Waals surface area contributed by atoms with E-state index < -0.39 is 5.54 Å². The van der Waals surface area contributed by atoms with Crippen molar-refractivity contribution in [3.05, 3.63) is 0 Å². The minimum Gasteiger partial charge on any atom is -0.339 e. The smallest absolute Gasteiger partial charge is 0.242 e. The Hall–Kier alpha value is -0.220. The molecule has 2 rings (SSSR count). The summed E-state index contributed by atoms with van der Waals surface area (Å²) in [5.41, 5.74) is 5.57. The van der Waals surface area contributed by atoms with Crippen LogP contribution in [0.2, 0.25) is 0 Å². The van der Waals surface area contributed by atoms with Crippen LogP contribution >= 0.6 is 11.8 Å². The van der Waals surface area contributed by atoms with Crippen LogP contribution < -0.4 is 5.73 Å². The summed E-state index contributed by atoms with van der Waals surface area (Å²) in [6.45, 7) is 7.99. The lowest BCUT2D eigenvalue weighted by atomic mass is 9.95. The van der Waals surface area contributed by atoms with Gasteiger partial charge in [-0.15, -0.1) is 0 Å². The topological polar surface area (TPSA) is 46.3 Å². The predicted octanol–water partition coefficient (Wildman–Crippen LogP) is 1.47. The van der Waals surface area contributed by atoms with Crippen molar-refractivity contribution in [3.63, 3.8) is 0 Å². The Kier molecular flexibility index (Phi) is 3.23.